The van der Waals surface area contributed by atoms with Gasteiger partial charge in [0.1, 0.15) is 0 Å². The Kier molecular flexibility index (Phi) is 5.03. The minimum absolute atomic E-state index is 0.0691. The fourth-order valence-corrected chi connectivity index (χ4v) is 4.00. The molecule has 0 N–H and O–H groups in total. The maximum Gasteiger partial charge on any atom is 0.235 e. The smallest absolute Gasteiger partial charge is 0.235 e. The zero-order valence-electron chi connectivity index (χ0n) is 8.11. The van der Waals surface area contributed by atoms with Gasteiger partial charge in [-0.1, -0.05) is 0 Å². The van der Waals surface area contributed by atoms with Gasteiger partial charge in [0.15, 0.2) is 0 Å². The number of methoxy groups -OCH3 is 1. The average Bonchev–Trinajstić information content (AvgIpc) is 2.14. The van der Waals surface area contributed by atoms with Gasteiger partial charge < -0.3 is 4.74 Å². The Balaban J connectivity index is 2.52. The van der Waals surface area contributed by atoms with Crippen molar-refractivity contribution in [2.75, 3.05) is 24.4 Å². The first kappa shape index (κ1) is 12.6. The van der Waals surface area contributed by atoms with Crippen molar-refractivity contribution in [1.29, 1.82) is 0 Å². The molecule has 1 heterocycles. The zero-order chi connectivity index (χ0) is 10.6. The molecule has 14 heavy (non-hydrogen) atoms. The highest BCUT2D eigenvalue weighted by Gasteiger charge is 2.27. The van der Waals surface area contributed by atoms with Crippen LogP contribution in [0.15, 0.2) is 0 Å². The Labute approximate surface area is 94.0 Å². The van der Waals surface area contributed by atoms with E-state index in [1.165, 1.54) is 0 Å². The lowest BCUT2D eigenvalue weighted by atomic mass is 9.97. The molecule has 1 fully saturated rings. The van der Waals surface area contributed by atoms with Gasteiger partial charge >= 0.3 is 0 Å². The summed E-state index contributed by atoms with van der Waals surface area (Å²) in [5.74, 6) is 2.45. The van der Waals surface area contributed by atoms with E-state index in [2.05, 4.69) is 0 Å². The van der Waals surface area contributed by atoms with Crippen LogP contribution >= 0.6 is 22.4 Å². The first-order valence-electron chi connectivity index (χ1n) is 4.56. The quantitative estimate of drug-likeness (QED) is 0.720. The standard InChI is InChI=1S/C8H15ClO3S2/c1-12-8(6-14(9,10)11)7-2-4-13-5-3-7/h7-8H,2-6H2,1H3. The molecule has 0 aliphatic carbocycles. The number of hydrogen-bond donors (Lipinski definition) is 0. The molecule has 84 valence electrons. The van der Waals surface area contributed by atoms with Crippen LogP contribution in [-0.2, 0) is 13.8 Å². The highest BCUT2D eigenvalue weighted by Crippen LogP contribution is 2.27. The van der Waals surface area contributed by atoms with E-state index in [0.717, 1.165) is 24.3 Å². The molecule has 6 heteroatoms. The normalized spacial score (nSPS) is 22.1. The van der Waals surface area contributed by atoms with Crippen LogP contribution in [0, 0.1) is 5.92 Å². The van der Waals surface area contributed by atoms with E-state index in [0.29, 0.717) is 5.92 Å². The summed E-state index contributed by atoms with van der Waals surface area (Å²) in [6, 6.07) is 0. The summed E-state index contributed by atoms with van der Waals surface area (Å²) in [6.45, 7) is 0. The maximum absolute atomic E-state index is 10.9. The summed E-state index contributed by atoms with van der Waals surface area (Å²) >= 11 is 1.91. The van der Waals surface area contributed by atoms with Crippen molar-refractivity contribution < 1.29 is 13.2 Å². The molecule has 0 spiro atoms. The second-order valence-corrected chi connectivity index (χ2v) is 7.48. The Morgan fingerprint density at radius 1 is 1.50 bits per heavy atom. The lowest BCUT2D eigenvalue weighted by molar-refractivity contribution is 0.0660. The fraction of sp³-hybridized carbons (Fsp3) is 1.00. The second-order valence-electron chi connectivity index (χ2n) is 3.43. The molecule has 1 aliphatic heterocycles. The molecule has 0 aromatic carbocycles. The molecule has 0 saturated carbocycles. The van der Waals surface area contributed by atoms with Crippen LogP contribution < -0.4 is 0 Å². The van der Waals surface area contributed by atoms with Gasteiger partial charge in [0.25, 0.3) is 0 Å². The van der Waals surface area contributed by atoms with Gasteiger partial charge in [0, 0.05) is 17.8 Å². The lowest BCUT2D eigenvalue weighted by Gasteiger charge is -2.28. The van der Waals surface area contributed by atoms with Crippen LogP contribution in [-0.4, -0.2) is 38.9 Å². The third-order valence-corrected chi connectivity index (χ3v) is 4.61. The summed E-state index contributed by atoms with van der Waals surface area (Å²) in [5, 5.41) is 0. The van der Waals surface area contributed by atoms with Crippen LogP contribution in [0.4, 0.5) is 0 Å². The van der Waals surface area contributed by atoms with Crippen molar-refractivity contribution in [2.24, 2.45) is 5.92 Å². The van der Waals surface area contributed by atoms with E-state index < -0.39 is 9.05 Å². The van der Waals surface area contributed by atoms with E-state index >= 15 is 0 Å². The molecular weight excluding hydrogens is 244 g/mol. The van der Waals surface area contributed by atoms with Crippen LogP contribution in [0.3, 0.4) is 0 Å². The Morgan fingerprint density at radius 3 is 2.50 bits per heavy atom. The van der Waals surface area contributed by atoms with Crippen molar-refractivity contribution in [2.45, 2.75) is 18.9 Å². The lowest BCUT2D eigenvalue weighted by Crippen LogP contribution is -2.31. The van der Waals surface area contributed by atoms with Crippen molar-refractivity contribution in [3.63, 3.8) is 0 Å². The molecule has 3 nitrogen and oxygen atoms in total. The highest BCUT2D eigenvalue weighted by atomic mass is 35.7. The largest absolute Gasteiger partial charge is 0.380 e. The molecular formula is C8H15ClO3S2. The Bertz CT molecular complexity index is 260. The van der Waals surface area contributed by atoms with Gasteiger partial charge in [-0.15, -0.1) is 0 Å². The topological polar surface area (TPSA) is 43.4 Å². The van der Waals surface area contributed by atoms with Crippen molar-refractivity contribution >= 4 is 31.5 Å². The number of ether oxygens (including phenoxy) is 1. The maximum atomic E-state index is 10.9. The summed E-state index contributed by atoms with van der Waals surface area (Å²) in [7, 11) is 3.32. The number of rotatable bonds is 4. The number of thioether (sulfide) groups is 1. The van der Waals surface area contributed by atoms with Gasteiger partial charge in [-0.25, -0.2) is 8.42 Å². The van der Waals surface area contributed by atoms with Crippen LogP contribution in [0.25, 0.3) is 0 Å². The molecule has 0 bridgehead atoms. The van der Waals surface area contributed by atoms with Gasteiger partial charge in [-0.2, -0.15) is 11.8 Å². The zero-order valence-corrected chi connectivity index (χ0v) is 10.5. The third-order valence-electron chi connectivity index (χ3n) is 2.46. The van der Waals surface area contributed by atoms with E-state index in [-0.39, 0.29) is 11.9 Å². The SMILES string of the molecule is COC(CS(=O)(=O)Cl)C1CCSCC1. The van der Waals surface area contributed by atoms with Gasteiger partial charge in [-0.3, -0.25) is 0 Å². The van der Waals surface area contributed by atoms with Crippen molar-refractivity contribution in [1.82, 2.24) is 0 Å². The van der Waals surface area contributed by atoms with Crippen molar-refractivity contribution in [3.8, 4) is 0 Å². The predicted molar refractivity (Wildman–Crippen MR) is 60.5 cm³/mol. The van der Waals surface area contributed by atoms with Crippen LogP contribution in [0.1, 0.15) is 12.8 Å². The van der Waals surface area contributed by atoms with Crippen molar-refractivity contribution in [3.05, 3.63) is 0 Å². The molecule has 1 rings (SSSR count). The molecule has 0 amide bonds. The molecule has 0 radical (unpaired) electrons. The van der Waals surface area contributed by atoms with Gasteiger partial charge in [0.05, 0.1) is 11.9 Å². The monoisotopic (exact) mass is 258 g/mol. The van der Waals surface area contributed by atoms with E-state index in [9.17, 15) is 8.42 Å². The number of hydrogen-bond acceptors (Lipinski definition) is 4. The first-order chi connectivity index (χ1) is 6.53. The van der Waals surface area contributed by atoms with E-state index in [1.807, 2.05) is 11.8 Å². The second kappa shape index (κ2) is 5.58. The van der Waals surface area contributed by atoms with Gasteiger partial charge in [0.2, 0.25) is 9.05 Å². The summed E-state index contributed by atoms with van der Waals surface area (Å²) in [5.41, 5.74) is 0. The summed E-state index contributed by atoms with van der Waals surface area (Å²) in [6.07, 6.45) is 1.81. The molecule has 1 atom stereocenters. The first-order valence-corrected chi connectivity index (χ1v) is 8.19. The molecule has 1 aliphatic rings. The predicted octanol–water partition coefficient (Wildman–Crippen LogP) is 1.71. The molecule has 0 aromatic heterocycles. The van der Waals surface area contributed by atoms with Gasteiger partial charge in [-0.05, 0) is 30.3 Å². The van der Waals surface area contributed by atoms with E-state index in [1.54, 1.807) is 7.11 Å². The minimum atomic E-state index is -3.44. The third kappa shape index (κ3) is 4.38. The molecule has 1 saturated heterocycles. The minimum Gasteiger partial charge on any atom is -0.380 e. The molecule has 1 unspecified atom stereocenters. The fourth-order valence-electron chi connectivity index (χ4n) is 1.68. The van der Waals surface area contributed by atoms with Crippen LogP contribution in [0.2, 0.25) is 0 Å². The number of halogens is 1. The summed E-state index contributed by atoms with van der Waals surface area (Å²) in [4.78, 5) is 0. The van der Waals surface area contributed by atoms with Crippen LogP contribution in [0.5, 0.6) is 0 Å². The highest BCUT2D eigenvalue weighted by molar-refractivity contribution is 8.13. The Hall–Kier alpha value is 0.550. The average molecular weight is 259 g/mol. The summed E-state index contributed by atoms with van der Waals surface area (Å²) < 4.78 is 27.0. The Morgan fingerprint density at radius 2 is 2.07 bits per heavy atom. The molecule has 0 aromatic rings. The van der Waals surface area contributed by atoms with E-state index in [4.69, 9.17) is 15.4 Å².